The largest absolute Gasteiger partial charge is 0.381 e. The number of nitrogens with zero attached hydrogens (tertiary/aromatic N) is 5. The maximum absolute atomic E-state index is 12.5. The smallest absolute Gasteiger partial charge is 0.227 e. The van der Waals surface area contributed by atoms with Crippen LogP contribution in [-0.2, 0) is 24.8 Å². The minimum absolute atomic E-state index is 0.211. The lowest BCUT2D eigenvalue weighted by molar-refractivity contribution is -0.132. The number of anilines is 1. The Morgan fingerprint density at radius 1 is 1.04 bits per heavy atom. The fourth-order valence-corrected chi connectivity index (χ4v) is 3.54. The fourth-order valence-electron chi connectivity index (χ4n) is 3.54. The van der Waals surface area contributed by atoms with Crippen LogP contribution in [0.5, 0.6) is 0 Å². The molecule has 2 aromatic carbocycles. The Hall–Kier alpha value is -2.93. The number of carbonyl (C=O) groups excluding carboxylic acids is 1. The van der Waals surface area contributed by atoms with Crippen molar-refractivity contribution in [3.8, 4) is 0 Å². The van der Waals surface area contributed by atoms with E-state index in [-0.39, 0.29) is 5.91 Å². The van der Waals surface area contributed by atoms with Crippen molar-refractivity contribution in [1.29, 1.82) is 0 Å². The first-order valence-electron chi connectivity index (χ1n) is 9.66. The maximum atomic E-state index is 12.5. The van der Waals surface area contributed by atoms with Gasteiger partial charge in [0.1, 0.15) is 5.52 Å². The van der Waals surface area contributed by atoms with E-state index < -0.39 is 0 Å². The number of piperazine rings is 1. The molecule has 146 valence electrons. The first kappa shape index (κ1) is 18.4. The Balaban J connectivity index is 1.35. The average molecular weight is 378 g/mol. The highest BCUT2D eigenvalue weighted by molar-refractivity contribution is 5.79. The van der Waals surface area contributed by atoms with Gasteiger partial charge >= 0.3 is 0 Å². The molecular formula is C21H26N6O. The van der Waals surface area contributed by atoms with E-state index in [9.17, 15) is 4.79 Å². The van der Waals surface area contributed by atoms with Gasteiger partial charge in [0.15, 0.2) is 0 Å². The first-order valence-corrected chi connectivity index (χ1v) is 9.66. The number of benzene rings is 2. The second kappa shape index (κ2) is 7.98. The maximum Gasteiger partial charge on any atom is 0.227 e. The van der Waals surface area contributed by atoms with Crippen molar-refractivity contribution < 1.29 is 4.79 Å². The molecule has 1 aromatic heterocycles. The van der Waals surface area contributed by atoms with Gasteiger partial charge < -0.3 is 15.1 Å². The van der Waals surface area contributed by atoms with Gasteiger partial charge in [-0.2, -0.15) is 0 Å². The number of aryl methyl sites for hydroxylation is 1. The van der Waals surface area contributed by atoms with E-state index >= 15 is 0 Å². The highest BCUT2D eigenvalue weighted by Gasteiger charge is 2.18. The summed E-state index contributed by atoms with van der Waals surface area (Å²) >= 11 is 0. The van der Waals surface area contributed by atoms with Crippen molar-refractivity contribution in [2.45, 2.75) is 13.0 Å². The number of aromatic nitrogens is 3. The molecule has 0 radical (unpaired) electrons. The normalized spacial score (nSPS) is 15.1. The van der Waals surface area contributed by atoms with Crippen molar-refractivity contribution in [3.63, 3.8) is 0 Å². The summed E-state index contributed by atoms with van der Waals surface area (Å²) in [6, 6.07) is 14.2. The van der Waals surface area contributed by atoms with Crippen molar-refractivity contribution in [1.82, 2.24) is 24.8 Å². The molecule has 4 rings (SSSR count). The predicted octanol–water partition coefficient (Wildman–Crippen LogP) is 1.90. The van der Waals surface area contributed by atoms with Crippen LogP contribution in [0.3, 0.4) is 0 Å². The molecular weight excluding hydrogens is 352 g/mol. The molecule has 0 bridgehead atoms. The Morgan fingerprint density at radius 3 is 2.54 bits per heavy atom. The molecule has 1 saturated heterocycles. The second-order valence-corrected chi connectivity index (χ2v) is 7.41. The number of hydrogen-bond acceptors (Lipinski definition) is 5. The molecule has 7 heteroatoms. The van der Waals surface area contributed by atoms with E-state index in [0.29, 0.717) is 13.0 Å². The molecule has 1 aliphatic heterocycles. The minimum Gasteiger partial charge on any atom is -0.381 e. The summed E-state index contributed by atoms with van der Waals surface area (Å²) in [6.45, 7) is 4.22. The lowest BCUT2D eigenvalue weighted by Gasteiger charge is -2.32. The van der Waals surface area contributed by atoms with E-state index in [0.717, 1.165) is 54.0 Å². The zero-order chi connectivity index (χ0) is 19.5. The van der Waals surface area contributed by atoms with Gasteiger partial charge in [0, 0.05) is 51.0 Å². The summed E-state index contributed by atoms with van der Waals surface area (Å²) in [7, 11) is 3.99. The van der Waals surface area contributed by atoms with Gasteiger partial charge in [-0.15, -0.1) is 5.10 Å². The van der Waals surface area contributed by atoms with Gasteiger partial charge in [-0.05, 0) is 30.8 Å². The van der Waals surface area contributed by atoms with Gasteiger partial charge in [0.05, 0.1) is 11.9 Å². The summed E-state index contributed by atoms with van der Waals surface area (Å²) in [5.41, 5.74) is 5.13. The molecule has 2 heterocycles. The van der Waals surface area contributed by atoms with Crippen LogP contribution < -0.4 is 5.32 Å². The van der Waals surface area contributed by atoms with Crippen molar-refractivity contribution in [2.24, 2.45) is 7.05 Å². The molecule has 0 spiro atoms. The molecule has 1 fully saturated rings. The molecule has 1 aliphatic rings. The fraction of sp³-hybridized carbons (Fsp3) is 0.381. The van der Waals surface area contributed by atoms with E-state index in [1.807, 2.05) is 48.3 Å². The van der Waals surface area contributed by atoms with Crippen molar-refractivity contribution >= 4 is 22.6 Å². The van der Waals surface area contributed by atoms with E-state index in [1.54, 1.807) is 4.68 Å². The Labute approximate surface area is 164 Å². The van der Waals surface area contributed by atoms with Crippen LogP contribution in [-0.4, -0.2) is 63.9 Å². The second-order valence-electron chi connectivity index (χ2n) is 7.41. The molecule has 28 heavy (non-hydrogen) atoms. The first-order chi connectivity index (χ1) is 13.6. The monoisotopic (exact) mass is 378 g/mol. The van der Waals surface area contributed by atoms with Crippen LogP contribution >= 0.6 is 0 Å². The van der Waals surface area contributed by atoms with Crippen molar-refractivity contribution in [2.75, 3.05) is 38.5 Å². The van der Waals surface area contributed by atoms with Gasteiger partial charge in [0.25, 0.3) is 0 Å². The molecule has 1 N–H and O–H groups in total. The zero-order valence-corrected chi connectivity index (χ0v) is 16.4. The molecule has 3 aromatic rings. The quantitative estimate of drug-likeness (QED) is 0.735. The SMILES string of the molecule is CN1CCN(C(=O)Cc2ccc(NCc3cccc4c3nnn4C)cc2)CC1. The lowest BCUT2D eigenvalue weighted by atomic mass is 10.1. The number of fused-ring (bicyclic) bond motifs is 1. The summed E-state index contributed by atoms with van der Waals surface area (Å²) in [6.07, 6.45) is 0.461. The van der Waals surface area contributed by atoms with Crippen LogP contribution in [0.15, 0.2) is 42.5 Å². The molecule has 0 unspecified atom stereocenters. The van der Waals surface area contributed by atoms with E-state index in [2.05, 4.69) is 33.6 Å². The van der Waals surface area contributed by atoms with Crippen LogP contribution in [0, 0.1) is 0 Å². The molecule has 7 nitrogen and oxygen atoms in total. The Kier molecular flexibility index (Phi) is 5.25. The highest BCUT2D eigenvalue weighted by Crippen LogP contribution is 2.18. The van der Waals surface area contributed by atoms with E-state index in [4.69, 9.17) is 0 Å². The molecule has 0 atom stereocenters. The minimum atomic E-state index is 0.211. The van der Waals surface area contributed by atoms with Gasteiger partial charge in [0.2, 0.25) is 5.91 Å². The molecule has 0 aliphatic carbocycles. The highest BCUT2D eigenvalue weighted by atomic mass is 16.2. The van der Waals surface area contributed by atoms with Gasteiger partial charge in [-0.25, -0.2) is 4.68 Å². The third-order valence-electron chi connectivity index (χ3n) is 5.37. The topological polar surface area (TPSA) is 66.3 Å². The standard InChI is InChI=1S/C21H26N6O/c1-25-10-12-27(13-11-25)20(28)14-16-6-8-18(9-7-16)22-15-17-4-3-5-19-21(17)23-24-26(19)2/h3-9,22H,10-15H2,1-2H3. The van der Waals surface area contributed by atoms with E-state index in [1.165, 1.54) is 0 Å². The Bertz CT molecular complexity index is 957. The average Bonchev–Trinajstić information content (AvgIpc) is 3.09. The van der Waals surface area contributed by atoms with Crippen LogP contribution in [0.4, 0.5) is 5.69 Å². The summed E-state index contributed by atoms with van der Waals surface area (Å²) < 4.78 is 1.78. The number of hydrogen-bond donors (Lipinski definition) is 1. The van der Waals surface area contributed by atoms with Crippen LogP contribution in [0.2, 0.25) is 0 Å². The Morgan fingerprint density at radius 2 is 1.79 bits per heavy atom. The predicted molar refractivity (Wildman–Crippen MR) is 110 cm³/mol. The summed E-state index contributed by atoms with van der Waals surface area (Å²) in [5, 5.41) is 11.8. The summed E-state index contributed by atoms with van der Waals surface area (Å²) in [5.74, 6) is 0.211. The zero-order valence-electron chi connectivity index (χ0n) is 16.4. The molecule has 0 saturated carbocycles. The van der Waals surface area contributed by atoms with Crippen LogP contribution in [0.25, 0.3) is 11.0 Å². The van der Waals surface area contributed by atoms with Gasteiger partial charge in [-0.3, -0.25) is 4.79 Å². The third-order valence-corrected chi connectivity index (χ3v) is 5.37. The lowest BCUT2D eigenvalue weighted by Crippen LogP contribution is -2.47. The summed E-state index contributed by atoms with van der Waals surface area (Å²) in [4.78, 5) is 16.7. The number of carbonyl (C=O) groups is 1. The van der Waals surface area contributed by atoms with Crippen LogP contribution in [0.1, 0.15) is 11.1 Å². The molecule has 1 amide bonds. The number of nitrogens with one attached hydrogen (secondary N) is 1. The number of rotatable bonds is 5. The number of likely N-dealkylation sites (N-methyl/N-ethyl adjacent to an activating group) is 1. The van der Waals surface area contributed by atoms with Gasteiger partial charge in [-0.1, -0.05) is 29.5 Å². The third kappa shape index (κ3) is 3.99. The number of amides is 1. The van der Waals surface area contributed by atoms with Crippen molar-refractivity contribution in [3.05, 3.63) is 53.6 Å².